The number of morpholine rings is 1. The third kappa shape index (κ3) is 5.79. The molecule has 2 atom stereocenters. The zero-order valence-corrected chi connectivity index (χ0v) is 23.1. The summed E-state index contributed by atoms with van der Waals surface area (Å²) in [6.45, 7) is 3.84. The van der Waals surface area contributed by atoms with Crippen LogP contribution in [0.25, 0.3) is 11.4 Å². The van der Waals surface area contributed by atoms with E-state index in [4.69, 9.17) is 19.4 Å². The second-order valence-electron chi connectivity index (χ2n) is 9.98. The second kappa shape index (κ2) is 11.3. The highest BCUT2D eigenvalue weighted by atomic mass is 32.2. The van der Waals surface area contributed by atoms with E-state index < -0.39 is 21.6 Å². The van der Waals surface area contributed by atoms with Gasteiger partial charge in [-0.2, -0.15) is 0 Å². The summed E-state index contributed by atoms with van der Waals surface area (Å²) in [5.74, 6) is 1.16. The highest BCUT2D eigenvalue weighted by molar-refractivity contribution is 7.86. The van der Waals surface area contributed by atoms with Crippen molar-refractivity contribution < 1.29 is 22.9 Å². The van der Waals surface area contributed by atoms with Crippen molar-refractivity contribution in [3.63, 3.8) is 0 Å². The van der Waals surface area contributed by atoms with Crippen molar-refractivity contribution in [1.29, 1.82) is 0 Å². The van der Waals surface area contributed by atoms with Crippen molar-refractivity contribution in [1.82, 2.24) is 19.9 Å². The van der Waals surface area contributed by atoms with Crippen LogP contribution in [0.4, 0.5) is 21.0 Å². The molecule has 4 aromatic rings. The van der Waals surface area contributed by atoms with E-state index in [0.29, 0.717) is 66.1 Å². The zero-order valence-electron chi connectivity index (χ0n) is 22.2. The van der Waals surface area contributed by atoms with Gasteiger partial charge in [0.1, 0.15) is 33.9 Å². The largest absolute Gasteiger partial charge is 0.419 e. The number of hydrogen-bond acceptors (Lipinski definition) is 9. The highest BCUT2D eigenvalue weighted by Gasteiger charge is 2.58. The summed E-state index contributed by atoms with van der Waals surface area (Å²) in [7, 11) is -1.90. The van der Waals surface area contributed by atoms with Crippen molar-refractivity contribution in [2.24, 2.45) is 0 Å². The summed E-state index contributed by atoms with van der Waals surface area (Å²) in [6.07, 6.45) is 3.71. The molecule has 0 radical (unpaired) electrons. The monoisotopic (exact) mass is 575 g/mol. The molecule has 2 fully saturated rings. The molecular formula is C29H28FN6O4S+. The van der Waals surface area contributed by atoms with Crippen LogP contribution in [0.5, 0.6) is 5.75 Å². The van der Waals surface area contributed by atoms with Gasteiger partial charge >= 0.3 is 6.09 Å². The van der Waals surface area contributed by atoms with Gasteiger partial charge in [0.25, 0.3) is 0 Å². The van der Waals surface area contributed by atoms with Gasteiger partial charge in [-0.1, -0.05) is 18.2 Å². The molecule has 41 heavy (non-hydrogen) atoms. The molecule has 1 amide bonds. The predicted molar refractivity (Wildman–Crippen MR) is 152 cm³/mol. The average molecular weight is 576 g/mol. The van der Waals surface area contributed by atoms with Crippen molar-refractivity contribution >= 4 is 28.7 Å². The van der Waals surface area contributed by atoms with E-state index in [2.05, 4.69) is 27.1 Å². The van der Waals surface area contributed by atoms with E-state index in [9.17, 15) is 13.4 Å². The summed E-state index contributed by atoms with van der Waals surface area (Å²) in [5.41, 5.74) is 1.19. The minimum atomic E-state index is -1.90. The van der Waals surface area contributed by atoms with E-state index in [-0.39, 0.29) is 17.8 Å². The maximum atomic E-state index is 13.8. The molecular weight excluding hydrogens is 547 g/mol. The van der Waals surface area contributed by atoms with Crippen molar-refractivity contribution in [2.75, 3.05) is 30.0 Å². The van der Waals surface area contributed by atoms with Gasteiger partial charge in [0.05, 0.1) is 24.8 Å². The molecule has 12 heteroatoms. The Hall–Kier alpha value is -4.29. The number of benzene rings is 2. The fourth-order valence-electron chi connectivity index (χ4n) is 4.74. The minimum absolute atomic E-state index is 0.0610. The number of halogens is 1. The molecule has 0 bridgehead atoms. The Balaban J connectivity index is 1.30. The van der Waals surface area contributed by atoms with Gasteiger partial charge in [-0.15, -0.1) is 4.21 Å². The van der Waals surface area contributed by atoms with Gasteiger partial charge < -0.3 is 14.4 Å². The van der Waals surface area contributed by atoms with Crippen molar-refractivity contribution in [2.45, 2.75) is 35.4 Å². The minimum Gasteiger partial charge on any atom is -0.410 e. The molecule has 1 N–H and O–H groups in total. The van der Waals surface area contributed by atoms with Crippen LogP contribution in [0.2, 0.25) is 0 Å². The Bertz CT molecular complexity index is 1570. The molecule has 1 saturated heterocycles. The lowest BCUT2D eigenvalue weighted by Gasteiger charge is -2.34. The van der Waals surface area contributed by atoms with Gasteiger partial charge in [-0.3, -0.25) is 5.32 Å². The summed E-state index contributed by atoms with van der Waals surface area (Å²) < 4.78 is 37.5. The topological polar surface area (TPSA) is 119 Å². The number of aromatic nitrogens is 4. The number of rotatable bonds is 7. The Morgan fingerprint density at radius 1 is 1.10 bits per heavy atom. The number of nitrogens with zero attached hydrogens (tertiary/aromatic N) is 5. The normalized spacial score (nSPS) is 18.4. The quantitative estimate of drug-likeness (QED) is 0.248. The number of nitrogens with one attached hydrogen (secondary N) is 1. The van der Waals surface area contributed by atoms with Crippen LogP contribution in [-0.2, 0) is 24.5 Å². The summed E-state index contributed by atoms with van der Waals surface area (Å²) in [4.78, 5) is 33.2. The maximum Gasteiger partial charge on any atom is 0.419 e. The second-order valence-corrected chi connectivity index (χ2v) is 11.9. The fraction of sp³-hybridized carbons (Fsp3) is 0.276. The zero-order chi connectivity index (χ0) is 28.4. The molecule has 2 aromatic heterocycles. The molecule has 0 spiro atoms. The van der Waals surface area contributed by atoms with Gasteiger partial charge in [0, 0.05) is 37.8 Å². The van der Waals surface area contributed by atoms with E-state index in [1.54, 1.807) is 36.4 Å². The van der Waals surface area contributed by atoms with Gasteiger partial charge in [0.2, 0.25) is 5.95 Å². The van der Waals surface area contributed by atoms with E-state index in [1.165, 1.54) is 24.5 Å². The molecule has 6 rings (SSSR count). The maximum absolute atomic E-state index is 13.8. The molecule has 2 aromatic carbocycles. The molecule has 210 valence electrons. The fourth-order valence-corrected chi connectivity index (χ4v) is 6.50. The number of ether oxygens (including phenoxy) is 2. The van der Waals surface area contributed by atoms with Gasteiger partial charge in [0.15, 0.2) is 15.5 Å². The smallest absolute Gasteiger partial charge is 0.410 e. The Morgan fingerprint density at radius 3 is 2.51 bits per heavy atom. The Kier molecular flexibility index (Phi) is 7.41. The number of thiol groups is 1. The standard InChI is InChI=1S/C29H27FN6O4S/c1-19-18-39-14-13-36(19)25-15-24(29(11-12-29)41(38)23-9-7-21(30)8-10-23)33-26(34-25)20-16-31-27(32-17-20)35-28(37)40-22-5-3-2-4-6-22/h2-10,15-17,19H,11-14,18H2,1H3,(H,31,32,35,37)/p+1/t19-,41?/m0/s1. The molecule has 1 unspecified atom stereocenters. The lowest BCUT2D eigenvalue weighted by Crippen LogP contribution is -2.44. The highest BCUT2D eigenvalue weighted by Crippen LogP contribution is 2.53. The first kappa shape index (κ1) is 26.9. The molecule has 1 aliphatic heterocycles. The molecule has 2 aliphatic rings. The lowest BCUT2D eigenvalue weighted by atomic mass is 10.2. The van der Waals surface area contributed by atoms with E-state index in [1.807, 2.05) is 12.1 Å². The van der Waals surface area contributed by atoms with Gasteiger partial charge in [-0.05, 0) is 43.3 Å². The summed E-state index contributed by atoms with van der Waals surface area (Å²) in [6, 6.07) is 16.5. The summed E-state index contributed by atoms with van der Waals surface area (Å²) in [5, 5.41) is 2.51. The average Bonchev–Trinajstić information content (AvgIpc) is 3.80. The van der Waals surface area contributed by atoms with E-state index >= 15 is 0 Å². The number of carbonyl (C=O) groups excluding carboxylic acids is 1. The Labute approximate surface area is 238 Å². The number of hydrogen-bond donors (Lipinski definition) is 1. The Morgan fingerprint density at radius 2 is 1.83 bits per heavy atom. The van der Waals surface area contributed by atoms with Crippen LogP contribution in [0.1, 0.15) is 25.5 Å². The van der Waals surface area contributed by atoms with Crippen LogP contribution in [0.15, 0.2) is 78.0 Å². The SMILES string of the molecule is C[C@H]1COCCN1c1cc(C2([SH+](=O)c3ccc(F)cc3)CC2)nc(-c2cnc(NC(=O)Oc3ccccc3)nc2)n1. The van der Waals surface area contributed by atoms with Crippen LogP contribution in [0, 0.1) is 5.82 Å². The number of carbonyl (C=O) groups is 1. The molecule has 10 nitrogen and oxygen atoms in total. The first-order valence-electron chi connectivity index (χ1n) is 13.2. The number of amides is 1. The summed E-state index contributed by atoms with van der Waals surface area (Å²) >= 11 is 0. The van der Waals surface area contributed by atoms with Crippen molar-refractivity contribution in [3.05, 3.63) is 84.6 Å². The van der Waals surface area contributed by atoms with Crippen LogP contribution in [0.3, 0.4) is 0 Å². The third-order valence-electron chi connectivity index (χ3n) is 7.10. The third-order valence-corrected chi connectivity index (χ3v) is 9.32. The first-order valence-corrected chi connectivity index (χ1v) is 14.5. The van der Waals surface area contributed by atoms with Crippen molar-refractivity contribution in [3.8, 4) is 17.1 Å². The number of para-hydroxylation sites is 1. The van der Waals surface area contributed by atoms with E-state index in [0.717, 1.165) is 0 Å². The molecule has 3 heterocycles. The van der Waals surface area contributed by atoms with Crippen LogP contribution in [-0.4, -0.2) is 51.8 Å². The van der Waals surface area contributed by atoms with Crippen LogP contribution >= 0.6 is 0 Å². The predicted octanol–water partition coefficient (Wildman–Crippen LogP) is 4.65. The number of anilines is 2. The lowest BCUT2D eigenvalue weighted by molar-refractivity contribution is 0.0985. The molecule has 1 saturated carbocycles. The first-order chi connectivity index (χ1) is 19.9. The van der Waals surface area contributed by atoms with Crippen LogP contribution < -0.4 is 15.0 Å². The van der Waals surface area contributed by atoms with Gasteiger partial charge in [-0.25, -0.2) is 29.1 Å². The molecule has 1 aliphatic carbocycles.